The maximum absolute atomic E-state index is 12.8. The highest BCUT2D eigenvalue weighted by Gasteiger charge is 2.21. The number of quaternary nitrogens is 1. The van der Waals surface area contributed by atoms with E-state index >= 15 is 0 Å². The van der Waals surface area contributed by atoms with E-state index < -0.39 is 32.5 Å². The molecule has 0 aromatic rings. The molecule has 0 radical (unpaired) electrons. The molecule has 0 aromatic heterocycles. The van der Waals surface area contributed by atoms with Crippen molar-refractivity contribution in [2.45, 2.75) is 264 Å². The number of nitrogens with zero attached hydrogens (tertiary/aromatic N) is 1. The van der Waals surface area contributed by atoms with E-state index in [9.17, 15) is 19.0 Å². The lowest BCUT2D eigenvalue weighted by Gasteiger charge is -2.28. The van der Waals surface area contributed by atoms with Gasteiger partial charge < -0.3 is 27.9 Å². The van der Waals surface area contributed by atoms with Crippen LogP contribution in [0.4, 0.5) is 0 Å². The lowest BCUT2D eigenvalue weighted by atomic mass is 10.0. The summed E-state index contributed by atoms with van der Waals surface area (Å²) in [7, 11) is 1.14. The first-order valence-corrected chi connectivity index (χ1v) is 29.8. The number of hydrogen-bond donors (Lipinski definition) is 0. The molecule has 0 spiro atoms. The van der Waals surface area contributed by atoms with Gasteiger partial charge in [-0.2, -0.15) is 0 Å². The number of likely N-dealkylation sites (N-methyl/N-ethyl adjacent to an activating group) is 1. The number of hydrogen-bond acceptors (Lipinski definition) is 8. The zero-order valence-corrected chi connectivity index (χ0v) is 45.9. The fraction of sp³-hybridized carbons (Fsp3) is 0.828. The molecule has 0 rings (SSSR count). The number of carbonyl (C=O) groups excluding carboxylic acids is 2. The summed E-state index contributed by atoms with van der Waals surface area (Å²) in [6.45, 7) is 4.21. The van der Waals surface area contributed by atoms with Gasteiger partial charge >= 0.3 is 11.9 Å². The minimum atomic E-state index is -4.65. The molecule has 68 heavy (non-hydrogen) atoms. The molecule has 0 heterocycles. The van der Waals surface area contributed by atoms with Crippen molar-refractivity contribution in [3.8, 4) is 0 Å². The number of phosphoric acid groups is 1. The standard InChI is InChI=1S/C58H108NO8P/c1-6-8-10-12-14-16-18-20-22-24-26-28-29-31-33-35-37-39-41-43-45-47-49-51-58(61)67-56(55-66-68(62,63)65-53-52-59(3,4)5)54-64-57(60)50-48-46-44-42-40-38-36-34-32-30-27-25-23-21-19-17-15-13-11-9-7-2/h23,25,30,32,36,38,42,44,56H,6-22,24,26-29,31,33-35,37,39-41,43,45-55H2,1-5H3/b25-23+,32-30+,38-36+,44-42+/t56-/m1/s1. The second kappa shape index (κ2) is 49.9. The van der Waals surface area contributed by atoms with Crippen molar-refractivity contribution in [1.29, 1.82) is 0 Å². The second-order valence-electron chi connectivity index (χ2n) is 20.3. The van der Waals surface area contributed by atoms with Crippen molar-refractivity contribution in [1.82, 2.24) is 0 Å². The van der Waals surface area contributed by atoms with Gasteiger partial charge in [0.1, 0.15) is 19.8 Å². The van der Waals surface area contributed by atoms with Crippen molar-refractivity contribution in [2.75, 3.05) is 47.5 Å². The van der Waals surface area contributed by atoms with Crippen LogP contribution >= 0.6 is 7.82 Å². The summed E-state index contributed by atoms with van der Waals surface area (Å²) < 4.78 is 34.1. The first kappa shape index (κ1) is 66.0. The minimum Gasteiger partial charge on any atom is -0.756 e. The van der Waals surface area contributed by atoms with E-state index in [1.54, 1.807) is 0 Å². The van der Waals surface area contributed by atoms with E-state index in [0.717, 1.165) is 44.9 Å². The van der Waals surface area contributed by atoms with Crippen LogP contribution in [0, 0.1) is 0 Å². The van der Waals surface area contributed by atoms with Crippen LogP contribution in [0.15, 0.2) is 48.6 Å². The molecule has 0 bridgehead atoms. The van der Waals surface area contributed by atoms with Gasteiger partial charge in [0.05, 0.1) is 27.7 Å². The molecule has 1 unspecified atom stereocenters. The largest absolute Gasteiger partial charge is 0.756 e. The summed E-state index contributed by atoms with van der Waals surface area (Å²) in [6, 6.07) is 0. The number of phosphoric ester groups is 1. The number of allylic oxidation sites excluding steroid dienone is 8. The Bertz CT molecular complexity index is 1290. The molecule has 9 nitrogen and oxygen atoms in total. The Labute approximate surface area is 420 Å². The average Bonchev–Trinajstić information content (AvgIpc) is 3.30. The number of unbranched alkanes of at least 4 members (excludes halogenated alkanes) is 30. The van der Waals surface area contributed by atoms with Crippen molar-refractivity contribution < 1.29 is 42.1 Å². The van der Waals surface area contributed by atoms with Gasteiger partial charge in [-0.3, -0.25) is 14.2 Å². The summed E-state index contributed by atoms with van der Waals surface area (Å²) in [5, 5.41) is 0. The molecule has 2 atom stereocenters. The minimum absolute atomic E-state index is 0.0388. The van der Waals surface area contributed by atoms with Crippen LogP contribution in [-0.4, -0.2) is 70.0 Å². The molecular formula is C58H108NO8P. The molecule has 0 amide bonds. The highest BCUT2D eigenvalue weighted by molar-refractivity contribution is 7.45. The third kappa shape index (κ3) is 53.3. The number of rotatable bonds is 52. The fourth-order valence-corrected chi connectivity index (χ4v) is 8.67. The Morgan fingerprint density at radius 3 is 1.22 bits per heavy atom. The maximum Gasteiger partial charge on any atom is 0.306 e. The molecule has 0 aliphatic carbocycles. The average molecular weight is 978 g/mol. The molecule has 0 N–H and O–H groups in total. The van der Waals surface area contributed by atoms with Crippen molar-refractivity contribution in [3.63, 3.8) is 0 Å². The van der Waals surface area contributed by atoms with Crippen molar-refractivity contribution in [2.24, 2.45) is 0 Å². The predicted molar refractivity (Wildman–Crippen MR) is 287 cm³/mol. The van der Waals surface area contributed by atoms with E-state index in [-0.39, 0.29) is 26.1 Å². The van der Waals surface area contributed by atoms with Gasteiger partial charge in [0.15, 0.2) is 6.10 Å². The van der Waals surface area contributed by atoms with E-state index in [2.05, 4.69) is 62.5 Å². The van der Waals surface area contributed by atoms with Crippen molar-refractivity contribution >= 4 is 19.8 Å². The van der Waals surface area contributed by atoms with Crippen LogP contribution in [0.5, 0.6) is 0 Å². The molecule has 0 aliphatic heterocycles. The Morgan fingerprint density at radius 1 is 0.456 bits per heavy atom. The molecule has 398 valence electrons. The summed E-state index contributed by atoms with van der Waals surface area (Å²) in [5.41, 5.74) is 0. The lowest BCUT2D eigenvalue weighted by molar-refractivity contribution is -0.870. The number of esters is 2. The van der Waals surface area contributed by atoms with Gasteiger partial charge in [0.2, 0.25) is 0 Å². The topological polar surface area (TPSA) is 111 Å². The van der Waals surface area contributed by atoms with Gasteiger partial charge in [-0.25, -0.2) is 0 Å². The summed E-state index contributed by atoms with van der Waals surface area (Å²) >= 11 is 0. The zero-order chi connectivity index (χ0) is 49.9. The third-order valence-electron chi connectivity index (χ3n) is 12.4. The van der Waals surface area contributed by atoms with Crippen molar-refractivity contribution in [3.05, 3.63) is 48.6 Å². The molecule has 0 saturated heterocycles. The first-order valence-electron chi connectivity index (χ1n) is 28.3. The molecule has 0 aromatic carbocycles. The second-order valence-corrected chi connectivity index (χ2v) is 21.7. The Hall–Kier alpha value is -2.03. The van der Waals surface area contributed by atoms with E-state index in [1.807, 2.05) is 21.1 Å². The first-order chi connectivity index (χ1) is 33.0. The Kier molecular flexibility index (Phi) is 48.4. The van der Waals surface area contributed by atoms with Gasteiger partial charge in [0, 0.05) is 12.8 Å². The summed E-state index contributed by atoms with van der Waals surface area (Å²) in [4.78, 5) is 37.8. The highest BCUT2D eigenvalue weighted by Crippen LogP contribution is 2.38. The summed E-state index contributed by atoms with van der Waals surface area (Å²) in [5.74, 6) is -0.889. The Balaban J connectivity index is 4.25. The monoisotopic (exact) mass is 978 g/mol. The van der Waals surface area contributed by atoms with E-state index in [1.165, 1.54) is 173 Å². The molecule has 0 fully saturated rings. The summed E-state index contributed by atoms with van der Waals surface area (Å²) in [6.07, 6.45) is 61.7. The molecule has 0 saturated carbocycles. The van der Waals surface area contributed by atoms with Crippen LogP contribution in [-0.2, 0) is 32.7 Å². The molecule has 10 heteroatoms. The van der Waals surface area contributed by atoms with Crippen LogP contribution in [0.3, 0.4) is 0 Å². The molecular weight excluding hydrogens is 870 g/mol. The van der Waals surface area contributed by atoms with Crippen LogP contribution < -0.4 is 4.89 Å². The van der Waals surface area contributed by atoms with Gasteiger partial charge in [-0.1, -0.05) is 242 Å². The maximum atomic E-state index is 12.8. The lowest BCUT2D eigenvalue weighted by Crippen LogP contribution is -2.37. The van der Waals surface area contributed by atoms with Crippen LogP contribution in [0.2, 0.25) is 0 Å². The van der Waals surface area contributed by atoms with E-state index in [4.69, 9.17) is 18.5 Å². The SMILES string of the molecule is CCCCCCCCC/C=C/C/C=C/C/C=C/C/C=C/CCCC(=O)OC[C@H](COP(=O)([O-])OCC[N+](C)(C)C)OC(=O)CCCCCCCCCCCCCCCCCCCCCCCCC. The normalized spacial score (nSPS) is 13.7. The van der Waals surface area contributed by atoms with Crippen LogP contribution in [0.25, 0.3) is 0 Å². The predicted octanol–water partition coefficient (Wildman–Crippen LogP) is 16.7. The molecule has 0 aliphatic rings. The zero-order valence-electron chi connectivity index (χ0n) is 45.1. The van der Waals surface area contributed by atoms with E-state index in [0.29, 0.717) is 23.9 Å². The smallest absolute Gasteiger partial charge is 0.306 e. The number of carbonyl (C=O) groups is 2. The number of ether oxygens (including phenoxy) is 2. The fourth-order valence-electron chi connectivity index (χ4n) is 7.94. The van der Waals surface area contributed by atoms with Crippen LogP contribution in [0.1, 0.15) is 258 Å². The van der Waals surface area contributed by atoms with Gasteiger partial charge in [-0.05, 0) is 51.4 Å². The quantitative estimate of drug-likeness (QED) is 0.0195. The highest BCUT2D eigenvalue weighted by atomic mass is 31.2. The Morgan fingerprint density at radius 2 is 0.809 bits per heavy atom. The van der Waals surface area contributed by atoms with Gasteiger partial charge in [-0.15, -0.1) is 0 Å². The third-order valence-corrected chi connectivity index (χ3v) is 13.3. The van der Waals surface area contributed by atoms with Gasteiger partial charge in [0.25, 0.3) is 7.82 Å².